The first-order chi connectivity index (χ1) is 7.50. The first-order valence-electron chi connectivity index (χ1n) is 4.56. The predicted octanol–water partition coefficient (Wildman–Crippen LogP) is 1.45. The lowest BCUT2D eigenvalue weighted by Crippen LogP contribution is -2.14. The van der Waals surface area contributed by atoms with Gasteiger partial charge in [-0.05, 0) is 24.6 Å². The van der Waals surface area contributed by atoms with Crippen molar-refractivity contribution in [1.82, 2.24) is 5.43 Å². The molecule has 1 aromatic rings. The number of nitrogens with one attached hydrogen (secondary N) is 1. The fourth-order valence-corrected chi connectivity index (χ4v) is 1.05. The van der Waals surface area contributed by atoms with Gasteiger partial charge in [-0.15, -0.1) is 0 Å². The van der Waals surface area contributed by atoms with E-state index in [9.17, 15) is 14.9 Å². The molecule has 0 aromatic heterocycles. The van der Waals surface area contributed by atoms with E-state index in [0.717, 1.165) is 5.56 Å². The van der Waals surface area contributed by atoms with Crippen molar-refractivity contribution >= 4 is 17.3 Å². The van der Waals surface area contributed by atoms with Crippen LogP contribution in [-0.2, 0) is 4.79 Å². The van der Waals surface area contributed by atoms with Crippen LogP contribution in [-0.4, -0.2) is 16.5 Å². The molecule has 16 heavy (non-hydrogen) atoms. The molecule has 0 spiro atoms. The lowest BCUT2D eigenvalue weighted by molar-refractivity contribution is -0.384. The Bertz CT molecular complexity index is 437. The van der Waals surface area contributed by atoms with Gasteiger partial charge >= 0.3 is 0 Å². The summed E-state index contributed by atoms with van der Waals surface area (Å²) in [5.74, 6) is -0.263. The largest absolute Gasteiger partial charge is 0.274 e. The first-order valence-corrected chi connectivity index (χ1v) is 4.56. The van der Waals surface area contributed by atoms with Crippen LogP contribution in [0.3, 0.4) is 0 Å². The van der Waals surface area contributed by atoms with E-state index in [0.29, 0.717) is 5.71 Å². The molecule has 0 aliphatic heterocycles. The Morgan fingerprint density at radius 1 is 1.31 bits per heavy atom. The summed E-state index contributed by atoms with van der Waals surface area (Å²) in [6.07, 6.45) is 0. The van der Waals surface area contributed by atoms with Crippen LogP contribution in [0.15, 0.2) is 29.4 Å². The van der Waals surface area contributed by atoms with E-state index in [1.807, 2.05) is 0 Å². The fourth-order valence-electron chi connectivity index (χ4n) is 1.05. The Morgan fingerprint density at radius 2 is 1.88 bits per heavy atom. The summed E-state index contributed by atoms with van der Waals surface area (Å²) in [7, 11) is 0. The number of hydrogen-bond donors (Lipinski definition) is 1. The molecule has 0 saturated carbocycles. The summed E-state index contributed by atoms with van der Waals surface area (Å²) in [6, 6.07) is 5.95. The van der Waals surface area contributed by atoms with Crippen molar-refractivity contribution in [3.63, 3.8) is 0 Å². The number of hydrazone groups is 1. The lowest BCUT2D eigenvalue weighted by atomic mass is 10.1. The van der Waals surface area contributed by atoms with Crippen LogP contribution in [0.1, 0.15) is 19.4 Å². The zero-order valence-electron chi connectivity index (χ0n) is 8.93. The highest BCUT2D eigenvalue weighted by atomic mass is 16.6. The van der Waals surface area contributed by atoms with Gasteiger partial charge in [-0.1, -0.05) is 0 Å². The summed E-state index contributed by atoms with van der Waals surface area (Å²) < 4.78 is 0. The third-order valence-electron chi connectivity index (χ3n) is 1.88. The second kappa shape index (κ2) is 5.01. The van der Waals surface area contributed by atoms with E-state index in [2.05, 4.69) is 10.5 Å². The minimum Gasteiger partial charge on any atom is -0.274 e. The second-order valence-corrected chi connectivity index (χ2v) is 3.17. The molecule has 0 unspecified atom stereocenters. The van der Waals surface area contributed by atoms with Crippen LogP contribution in [0, 0.1) is 10.1 Å². The van der Waals surface area contributed by atoms with Gasteiger partial charge in [0.15, 0.2) is 0 Å². The van der Waals surface area contributed by atoms with Crippen LogP contribution in [0.2, 0.25) is 0 Å². The van der Waals surface area contributed by atoms with Gasteiger partial charge in [-0.2, -0.15) is 5.10 Å². The molecule has 84 valence electrons. The molecule has 6 nitrogen and oxygen atoms in total. The molecule has 0 saturated heterocycles. The Hall–Kier alpha value is -2.24. The molecule has 0 heterocycles. The summed E-state index contributed by atoms with van der Waals surface area (Å²) in [5, 5.41) is 14.2. The normalized spacial score (nSPS) is 11.0. The van der Waals surface area contributed by atoms with Gasteiger partial charge in [-0.25, -0.2) is 5.43 Å². The maximum Gasteiger partial charge on any atom is 0.269 e. The Labute approximate surface area is 92.1 Å². The Balaban J connectivity index is 2.85. The Morgan fingerprint density at radius 3 is 2.31 bits per heavy atom. The fraction of sp³-hybridized carbons (Fsp3) is 0.200. The number of carbonyl (C=O) groups is 1. The minimum absolute atomic E-state index is 0.0241. The lowest BCUT2D eigenvalue weighted by Gasteiger charge is -2.00. The topological polar surface area (TPSA) is 84.6 Å². The summed E-state index contributed by atoms with van der Waals surface area (Å²) in [6.45, 7) is 3.06. The van der Waals surface area contributed by atoms with E-state index in [1.165, 1.54) is 19.1 Å². The van der Waals surface area contributed by atoms with Gasteiger partial charge in [0.05, 0.1) is 10.6 Å². The molecule has 6 heteroatoms. The zero-order chi connectivity index (χ0) is 12.1. The second-order valence-electron chi connectivity index (χ2n) is 3.17. The number of nitrogens with zero attached hydrogens (tertiary/aromatic N) is 2. The van der Waals surface area contributed by atoms with Crippen LogP contribution in [0.5, 0.6) is 0 Å². The van der Waals surface area contributed by atoms with Crippen LogP contribution in [0.25, 0.3) is 0 Å². The van der Waals surface area contributed by atoms with Gasteiger partial charge in [-0.3, -0.25) is 14.9 Å². The quantitative estimate of drug-likeness (QED) is 0.476. The van der Waals surface area contributed by atoms with Gasteiger partial charge in [0.2, 0.25) is 5.91 Å². The van der Waals surface area contributed by atoms with E-state index < -0.39 is 4.92 Å². The smallest absolute Gasteiger partial charge is 0.269 e. The molecule has 0 fully saturated rings. The molecule has 0 atom stereocenters. The number of non-ortho nitro benzene ring substituents is 1. The maximum atomic E-state index is 10.6. The highest BCUT2D eigenvalue weighted by Gasteiger charge is 2.05. The van der Waals surface area contributed by atoms with Crippen molar-refractivity contribution in [2.75, 3.05) is 0 Å². The molecular weight excluding hydrogens is 210 g/mol. The molecule has 1 rings (SSSR count). The standard InChI is InChI=1S/C10H11N3O3/c1-7(11-12-8(2)14)9-3-5-10(6-4-9)13(15)16/h3-6H,1-2H3,(H,12,14)/b11-7+. The third-order valence-corrected chi connectivity index (χ3v) is 1.88. The van der Waals surface area contributed by atoms with Crippen molar-refractivity contribution in [3.05, 3.63) is 39.9 Å². The maximum absolute atomic E-state index is 10.6. The summed E-state index contributed by atoms with van der Waals surface area (Å²) >= 11 is 0. The number of benzene rings is 1. The average molecular weight is 221 g/mol. The molecule has 0 aliphatic carbocycles. The third kappa shape index (κ3) is 3.16. The molecule has 0 aliphatic rings. The van der Waals surface area contributed by atoms with Crippen molar-refractivity contribution in [1.29, 1.82) is 0 Å². The highest BCUT2D eigenvalue weighted by Crippen LogP contribution is 2.12. The highest BCUT2D eigenvalue weighted by molar-refractivity contribution is 5.99. The molecule has 1 amide bonds. The molecule has 0 bridgehead atoms. The minimum atomic E-state index is -0.468. The van der Waals surface area contributed by atoms with Crippen molar-refractivity contribution in [2.24, 2.45) is 5.10 Å². The first kappa shape index (κ1) is 11.8. The van der Waals surface area contributed by atoms with Crippen molar-refractivity contribution in [3.8, 4) is 0 Å². The molecular formula is C10H11N3O3. The number of hydrogen-bond acceptors (Lipinski definition) is 4. The number of carbonyl (C=O) groups excluding carboxylic acids is 1. The molecule has 1 N–H and O–H groups in total. The van der Waals surface area contributed by atoms with E-state index >= 15 is 0 Å². The van der Waals surface area contributed by atoms with Crippen LogP contribution >= 0.6 is 0 Å². The molecule has 1 aromatic carbocycles. The van der Waals surface area contributed by atoms with Gasteiger partial charge < -0.3 is 0 Å². The van der Waals surface area contributed by atoms with Crippen LogP contribution in [0.4, 0.5) is 5.69 Å². The van der Waals surface area contributed by atoms with Gasteiger partial charge in [0.25, 0.3) is 5.69 Å². The van der Waals surface area contributed by atoms with Crippen molar-refractivity contribution < 1.29 is 9.72 Å². The average Bonchev–Trinajstić information content (AvgIpc) is 2.26. The summed E-state index contributed by atoms with van der Waals surface area (Å²) in [5.41, 5.74) is 3.63. The van der Waals surface area contributed by atoms with Crippen molar-refractivity contribution in [2.45, 2.75) is 13.8 Å². The monoisotopic (exact) mass is 221 g/mol. The SMILES string of the molecule is CC(=O)N/N=C(\C)c1ccc([N+](=O)[O-])cc1. The number of nitro benzene ring substituents is 1. The van der Waals surface area contributed by atoms with E-state index in [4.69, 9.17) is 0 Å². The Kier molecular flexibility index (Phi) is 3.71. The van der Waals surface area contributed by atoms with Crippen LogP contribution < -0.4 is 5.43 Å². The van der Waals surface area contributed by atoms with E-state index in [-0.39, 0.29) is 11.6 Å². The number of nitro groups is 1. The van der Waals surface area contributed by atoms with E-state index in [1.54, 1.807) is 19.1 Å². The van der Waals surface area contributed by atoms with Gasteiger partial charge in [0.1, 0.15) is 0 Å². The number of rotatable bonds is 3. The predicted molar refractivity (Wildman–Crippen MR) is 59.1 cm³/mol. The molecule has 0 radical (unpaired) electrons. The van der Waals surface area contributed by atoms with Gasteiger partial charge in [0, 0.05) is 19.1 Å². The zero-order valence-corrected chi connectivity index (χ0v) is 8.93. The summed E-state index contributed by atoms with van der Waals surface area (Å²) in [4.78, 5) is 20.6. The number of amides is 1.